The van der Waals surface area contributed by atoms with Crippen molar-refractivity contribution in [1.29, 1.82) is 0 Å². The number of rotatable bonds is 4. The maximum absolute atomic E-state index is 14.0. The Kier molecular flexibility index (Phi) is 5.82. The van der Waals surface area contributed by atoms with Gasteiger partial charge in [-0.2, -0.15) is 0 Å². The molecule has 2 aromatic carbocycles. The molecule has 0 aliphatic heterocycles. The number of nitrogens with one attached hydrogen (secondary N) is 2. The zero-order chi connectivity index (χ0) is 21.3. The number of fused-ring (bicyclic) bond motifs is 1. The molecule has 0 radical (unpaired) electrons. The number of halogens is 1. The van der Waals surface area contributed by atoms with Gasteiger partial charge in [0.05, 0.1) is 31.5 Å². The molecule has 0 spiro atoms. The highest BCUT2D eigenvalue weighted by Gasteiger charge is 2.34. The van der Waals surface area contributed by atoms with Crippen LogP contribution in [-0.4, -0.2) is 29.4 Å². The lowest BCUT2D eigenvalue weighted by Gasteiger charge is -2.24. The summed E-state index contributed by atoms with van der Waals surface area (Å²) in [5, 5.41) is 25.6. The van der Waals surface area contributed by atoms with Gasteiger partial charge in [0.15, 0.2) is 0 Å². The van der Waals surface area contributed by atoms with Gasteiger partial charge < -0.3 is 25.6 Å². The predicted molar refractivity (Wildman–Crippen MR) is 109 cm³/mol. The van der Waals surface area contributed by atoms with E-state index in [9.17, 15) is 19.4 Å². The lowest BCUT2D eigenvalue weighted by molar-refractivity contribution is 0.145. The average Bonchev–Trinajstić information content (AvgIpc) is 2.97. The number of hydrogen-bond donors (Lipinski definition) is 4. The highest BCUT2D eigenvalue weighted by atomic mass is 19.1. The van der Waals surface area contributed by atoms with E-state index in [0.29, 0.717) is 28.1 Å². The van der Waals surface area contributed by atoms with E-state index in [1.807, 2.05) is 26.8 Å². The van der Waals surface area contributed by atoms with Crippen molar-refractivity contribution >= 4 is 11.7 Å². The van der Waals surface area contributed by atoms with Gasteiger partial charge in [-0.25, -0.2) is 9.18 Å². The van der Waals surface area contributed by atoms with Crippen LogP contribution in [0.5, 0.6) is 5.75 Å². The van der Waals surface area contributed by atoms with Crippen molar-refractivity contribution in [3.8, 4) is 5.75 Å². The molecule has 156 valence electrons. The van der Waals surface area contributed by atoms with E-state index < -0.39 is 24.0 Å². The standard InChI is InChI=1S/C22H27FN2O4/c1-22(2,3)13-8-12(11-26)20(29-4)18(9-13)25-21(28)24-17-10-15-14(19(17)27)6-5-7-16(15)23/h5-9,17,19,26-27H,10-11H2,1-4H3,(H2,24,25,28). The van der Waals surface area contributed by atoms with Crippen LogP contribution in [0.3, 0.4) is 0 Å². The van der Waals surface area contributed by atoms with Crippen molar-refractivity contribution in [1.82, 2.24) is 5.32 Å². The van der Waals surface area contributed by atoms with Gasteiger partial charge in [0.1, 0.15) is 11.6 Å². The minimum atomic E-state index is -0.984. The second-order valence-corrected chi connectivity index (χ2v) is 8.29. The number of aliphatic hydroxyl groups excluding tert-OH is 2. The number of carbonyl (C=O) groups excluding carboxylic acids is 1. The highest BCUT2D eigenvalue weighted by molar-refractivity contribution is 5.92. The van der Waals surface area contributed by atoms with Crippen molar-refractivity contribution in [2.24, 2.45) is 0 Å². The Bertz CT molecular complexity index is 924. The SMILES string of the molecule is COc1c(CO)cc(C(C)(C)C)cc1NC(=O)NC1Cc2c(F)cccc2C1O. The zero-order valence-corrected chi connectivity index (χ0v) is 17.0. The van der Waals surface area contributed by atoms with Crippen LogP contribution in [0.25, 0.3) is 0 Å². The molecule has 7 heteroatoms. The summed E-state index contributed by atoms with van der Waals surface area (Å²) in [6.07, 6.45) is -0.778. The molecule has 2 atom stereocenters. The molecule has 1 aliphatic carbocycles. The first-order valence-corrected chi connectivity index (χ1v) is 9.50. The molecule has 1 aliphatic rings. The lowest BCUT2D eigenvalue weighted by atomic mass is 9.85. The Hall–Kier alpha value is -2.64. The minimum Gasteiger partial charge on any atom is -0.494 e. The van der Waals surface area contributed by atoms with Crippen LogP contribution in [0.15, 0.2) is 30.3 Å². The third-order valence-electron chi connectivity index (χ3n) is 5.25. The van der Waals surface area contributed by atoms with Gasteiger partial charge in [-0.3, -0.25) is 0 Å². The Morgan fingerprint density at radius 3 is 2.62 bits per heavy atom. The third kappa shape index (κ3) is 4.21. The largest absolute Gasteiger partial charge is 0.494 e. The van der Waals surface area contributed by atoms with Crippen LogP contribution in [0.4, 0.5) is 14.9 Å². The van der Waals surface area contributed by atoms with E-state index in [-0.39, 0.29) is 18.4 Å². The van der Waals surface area contributed by atoms with E-state index >= 15 is 0 Å². The fraction of sp³-hybridized carbons (Fsp3) is 0.409. The predicted octanol–water partition coefficient (Wildman–Crippen LogP) is 3.40. The summed E-state index contributed by atoms with van der Waals surface area (Å²) >= 11 is 0. The van der Waals surface area contributed by atoms with Crippen LogP contribution in [-0.2, 0) is 18.4 Å². The number of ether oxygens (including phenoxy) is 1. The van der Waals surface area contributed by atoms with Crippen molar-refractivity contribution in [2.75, 3.05) is 12.4 Å². The minimum absolute atomic E-state index is 0.204. The van der Waals surface area contributed by atoms with Gasteiger partial charge in [0.2, 0.25) is 0 Å². The summed E-state index contributed by atoms with van der Waals surface area (Å²) in [4.78, 5) is 12.6. The molecule has 2 amide bonds. The summed E-state index contributed by atoms with van der Waals surface area (Å²) in [6, 6.07) is 7.00. The molecule has 2 unspecified atom stereocenters. The monoisotopic (exact) mass is 402 g/mol. The van der Waals surface area contributed by atoms with Gasteiger partial charge in [0, 0.05) is 5.56 Å². The molecule has 3 rings (SSSR count). The maximum Gasteiger partial charge on any atom is 0.319 e. The quantitative estimate of drug-likeness (QED) is 0.631. The van der Waals surface area contributed by atoms with Crippen LogP contribution >= 0.6 is 0 Å². The molecule has 0 bridgehead atoms. The molecule has 0 fully saturated rings. The first kappa shape index (κ1) is 21.1. The summed E-state index contributed by atoms with van der Waals surface area (Å²) in [6.45, 7) is 5.85. The van der Waals surface area contributed by atoms with Crippen LogP contribution in [0.2, 0.25) is 0 Å². The number of amides is 2. The number of hydrogen-bond acceptors (Lipinski definition) is 4. The maximum atomic E-state index is 14.0. The molecular formula is C22H27FN2O4. The molecule has 0 aromatic heterocycles. The van der Waals surface area contributed by atoms with Crippen molar-refractivity contribution in [3.63, 3.8) is 0 Å². The summed E-state index contributed by atoms with van der Waals surface area (Å²) in [5.74, 6) is -0.0182. The third-order valence-corrected chi connectivity index (χ3v) is 5.25. The van der Waals surface area contributed by atoms with Crippen molar-refractivity contribution < 1.29 is 24.1 Å². The van der Waals surface area contributed by atoms with Gasteiger partial charge in [-0.1, -0.05) is 32.9 Å². The van der Waals surface area contributed by atoms with Crippen molar-refractivity contribution in [3.05, 3.63) is 58.4 Å². The van der Waals surface area contributed by atoms with Gasteiger partial charge in [-0.15, -0.1) is 0 Å². The Labute approximate surface area is 169 Å². The smallest absolute Gasteiger partial charge is 0.319 e. The number of urea groups is 1. The number of carbonyl (C=O) groups is 1. The van der Waals surface area contributed by atoms with E-state index in [1.165, 1.54) is 13.2 Å². The van der Waals surface area contributed by atoms with Crippen molar-refractivity contribution in [2.45, 2.75) is 51.4 Å². The Morgan fingerprint density at radius 2 is 2.03 bits per heavy atom. The summed E-state index contributed by atoms with van der Waals surface area (Å²) in [5.41, 5.74) is 2.60. The zero-order valence-electron chi connectivity index (χ0n) is 17.0. The highest BCUT2D eigenvalue weighted by Crippen LogP contribution is 2.36. The average molecular weight is 402 g/mol. The first-order valence-electron chi connectivity index (χ1n) is 9.50. The molecule has 4 N–H and O–H groups in total. The molecule has 2 aromatic rings. The number of benzene rings is 2. The van der Waals surface area contributed by atoms with E-state index in [4.69, 9.17) is 4.74 Å². The summed E-state index contributed by atoms with van der Waals surface area (Å²) in [7, 11) is 1.47. The van der Waals surface area contributed by atoms with Gasteiger partial charge in [0.25, 0.3) is 0 Å². The Balaban J connectivity index is 1.81. The lowest BCUT2D eigenvalue weighted by Crippen LogP contribution is -2.40. The second-order valence-electron chi connectivity index (χ2n) is 8.29. The molecular weight excluding hydrogens is 375 g/mol. The fourth-order valence-corrected chi connectivity index (χ4v) is 3.65. The van der Waals surface area contributed by atoms with Gasteiger partial charge in [-0.05, 0) is 46.7 Å². The molecule has 0 saturated carbocycles. The van der Waals surface area contributed by atoms with Gasteiger partial charge >= 0.3 is 6.03 Å². The van der Waals surface area contributed by atoms with Crippen LogP contribution in [0, 0.1) is 5.82 Å². The fourth-order valence-electron chi connectivity index (χ4n) is 3.65. The second kappa shape index (κ2) is 8.00. The number of methoxy groups -OCH3 is 1. The number of aliphatic hydroxyl groups is 2. The van der Waals surface area contributed by atoms with E-state index in [0.717, 1.165) is 5.56 Å². The molecule has 6 nitrogen and oxygen atoms in total. The van der Waals surface area contributed by atoms with E-state index in [1.54, 1.807) is 18.2 Å². The summed E-state index contributed by atoms with van der Waals surface area (Å²) < 4.78 is 19.4. The van der Waals surface area contributed by atoms with E-state index in [2.05, 4.69) is 10.6 Å². The Morgan fingerprint density at radius 1 is 1.31 bits per heavy atom. The number of anilines is 1. The topological polar surface area (TPSA) is 90.8 Å². The first-order chi connectivity index (χ1) is 13.7. The van der Waals surface area contributed by atoms with Crippen LogP contribution < -0.4 is 15.4 Å². The molecule has 0 saturated heterocycles. The molecule has 0 heterocycles. The van der Waals surface area contributed by atoms with Crippen LogP contribution in [0.1, 0.15) is 49.1 Å². The normalized spacial score (nSPS) is 18.3. The molecule has 29 heavy (non-hydrogen) atoms.